The summed E-state index contributed by atoms with van der Waals surface area (Å²) in [6.07, 6.45) is 4.70. The van der Waals surface area contributed by atoms with Gasteiger partial charge in [0.2, 0.25) is 0 Å². The first-order chi connectivity index (χ1) is 4.86. The van der Waals surface area contributed by atoms with Gasteiger partial charge in [-0.1, -0.05) is 6.58 Å². The van der Waals surface area contributed by atoms with Gasteiger partial charge in [0.1, 0.15) is 0 Å². The van der Waals surface area contributed by atoms with Crippen molar-refractivity contribution in [3.8, 4) is 0 Å². The molecule has 0 saturated carbocycles. The second-order valence-electron chi connectivity index (χ2n) is 1.79. The van der Waals surface area contributed by atoms with Crippen LogP contribution in [0, 0.1) is 0 Å². The van der Waals surface area contributed by atoms with Crippen LogP contribution in [0.4, 0.5) is 0 Å². The number of aliphatic hydroxyl groups excluding tert-OH is 1. The van der Waals surface area contributed by atoms with Crippen LogP contribution in [0.15, 0.2) is 19.0 Å². The van der Waals surface area contributed by atoms with E-state index >= 15 is 0 Å². The van der Waals surface area contributed by atoms with Gasteiger partial charge in [-0.05, 0) is 6.08 Å². The van der Waals surface area contributed by atoms with Crippen LogP contribution in [0.25, 0.3) is 6.08 Å². The van der Waals surface area contributed by atoms with E-state index < -0.39 is 0 Å². The van der Waals surface area contributed by atoms with Crippen LogP contribution >= 0.6 is 0 Å². The molecule has 1 N–H and O–H groups in total. The van der Waals surface area contributed by atoms with E-state index in [1.165, 1.54) is 6.20 Å². The quantitative estimate of drug-likeness (QED) is 0.648. The van der Waals surface area contributed by atoms with Crippen LogP contribution in [-0.2, 0) is 6.61 Å². The fourth-order valence-corrected chi connectivity index (χ4v) is 0.552. The Bertz CT molecular complexity index is 218. The molecule has 1 heterocycles. The van der Waals surface area contributed by atoms with Gasteiger partial charge in [-0.3, -0.25) is 9.97 Å². The standard InChI is InChI=1S/C7H8N2O/c1-2-6-3-9-7(5-10)4-8-6/h2-4,10H,1,5H2. The Labute approximate surface area is 59.1 Å². The highest BCUT2D eigenvalue weighted by Crippen LogP contribution is 1.95. The molecule has 3 heteroatoms. The highest BCUT2D eigenvalue weighted by Gasteiger charge is 1.90. The molecule has 0 aliphatic carbocycles. The molecule has 1 rings (SSSR count). The molecule has 0 fully saturated rings. The summed E-state index contributed by atoms with van der Waals surface area (Å²) >= 11 is 0. The zero-order valence-corrected chi connectivity index (χ0v) is 5.49. The van der Waals surface area contributed by atoms with Gasteiger partial charge in [-0.15, -0.1) is 0 Å². The summed E-state index contributed by atoms with van der Waals surface area (Å²) in [6, 6.07) is 0. The van der Waals surface area contributed by atoms with Crippen LogP contribution in [0.3, 0.4) is 0 Å². The van der Waals surface area contributed by atoms with E-state index in [9.17, 15) is 0 Å². The van der Waals surface area contributed by atoms with E-state index in [0.717, 1.165) is 5.69 Å². The van der Waals surface area contributed by atoms with Crippen LogP contribution < -0.4 is 0 Å². The van der Waals surface area contributed by atoms with Crippen molar-refractivity contribution in [3.05, 3.63) is 30.4 Å². The minimum atomic E-state index is -0.0651. The van der Waals surface area contributed by atoms with Gasteiger partial charge in [-0.2, -0.15) is 0 Å². The maximum Gasteiger partial charge on any atom is 0.0868 e. The van der Waals surface area contributed by atoms with Crippen molar-refractivity contribution in [2.24, 2.45) is 0 Å². The summed E-state index contributed by atoms with van der Waals surface area (Å²) < 4.78 is 0. The molecular weight excluding hydrogens is 128 g/mol. The maximum atomic E-state index is 8.57. The molecule has 0 unspecified atom stereocenters. The van der Waals surface area contributed by atoms with E-state index in [1.807, 2.05) is 0 Å². The third kappa shape index (κ3) is 1.39. The monoisotopic (exact) mass is 136 g/mol. The van der Waals surface area contributed by atoms with Gasteiger partial charge in [0.15, 0.2) is 0 Å². The zero-order valence-electron chi connectivity index (χ0n) is 5.49. The fourth-order valence-electron chi connectivity index (χ4n) is 0.552. The second kappa shape index (κ2) is 3.08. The third-order valence-corrected chi connectivity index (χ3v) is 1.10. The van der Waals surface area contributed by atoms with Gasteiger partial charge in [0.05, 0.1) is 30.4 Å². The van der Waals surface area contributed by atoms with Crippen molar-refractivity contribution in [1.82, 2.24) is 9.97 Å². The number of rotatable bonds is 2. The summed E-state index contributed by atoms with van der Waals surface area (Å²) in [5.74, 6) is 0. The van der Waals surface area contributed by atoms with Crippen molar-refractivity contribution >= 4 is 6.08 Å². The Morgan fingerprint density at radius 3 is 2.70 bits per heavy atom. The first-order valence-corrected chi connectivity index (χ1v) is 2.91. The van der Waals surface area contributed by atoms with E-state index in [-0.39, 0.29) is 6.61 Å². The summed E-state index contributed by atoms with van der Waals surface area (Å²) in [6.45, 7) is 3.46. The Hall–Kier alpha value is -1.22. The number of nitrogens with zero attached hydrogens (tertiary/aromatic N) is 2. The third-order valence-electron chi connectivity index (χ3n) is 1.10. The topological polar surface area (TPSA) is 46.0 Å². The van der Waals surface area contributed by atoms with Gasteiger partial charge in [0.25, 0.3) is 0 Å². The minimum Gasteiger partial charge on any atom is -0.390 e. The molecule has 52 valence electrons. The lowest BCUT2D eigenvalue weighted by Gasteiger charge is -1.93. The van der Waals surface area contributed by atoms with Gasteiger partial charge < -0.3 is 5.11 Å². The summed E-state index contributed by atoms with van der Waals surface area (Å²) in [4.78, 5) is 7.81. The van der Waals surface area contributed by atoms with Crippen molar-refractivity contribution < 1.29 is 5.11 Å². The van der Waals surface area contributed by atoms with Crippen LogP contribution in [0.1, 0.15) is 11.4 Å². The number of aliphatic hydroxyl groups is 1. The van der Waals surface area contributed by atoms with Gasteiger partial charge in [0, 0.05) is 0 Å². The molecule has 1 aromatic heterocycles. The average Bonchev–Trinajstić information content (AvgIpc) is 2.05. The van der Waals surface area contributed by atoms with E-state index in [0.29, 0.717) is 5.69 Å². The Kier molecular flexibility index (Phi) is 2.12. The van der Waals surface area contributed by atoms with E-state index in [4.69, 9.17) is 5.11 Å². The second-order valence-corrected chi connectivity index (χ2v) is 1.79. The number of hydrogen-bond acceptors (Lipinski definition) is 3. The lowest BCUT2D eigenvalue weighted by Crippen LogP contribution is -1.91. The Balaban J connectivity index is 2.90. The molecule has 0 atom stereocenters. The zero-order chi connectivity index (χ0) is 7.40. The normalized spacial score (nSPS) is 9.30. The molecule has 3 nitrogen and oxygen atoms in total. The molecule has 0 saturated heterocycles. The van der Waals surface area contributed by atoms with Crippen molar-refractivity contribution in [1.29, 1.82) is 0 Å². The minimum absolute atomic E-state index is 0.0651. The molecule has 0 spiro atoms. The van der Waals surface area contributed by atoms with Crippen LogP contribution in [0.5, 0.6) is 0 Å². The summed E-state index contributed by atoms with van der Waals surface area (Å²) in [7, 11) is 0. The molecule has 0 aliphatic heterocycles. The Morgan fingerprint density at radius 2 is 2.30 bits per heavy atom. The first-order valence-electron chi connectivity index (χ1n) is 2.91. The predicted molar refractivity (Wildman–Crippen MR) is 38.0 cm³/mol. The van der Waals surface area contributed by atoms with E-state index in [1.54, 1.807) is 12.3 Å². The van der Waals surface area contributed by atoms with Crippen molar-refractivity contribution in [2.75, 3.05) is 0 Å². The van der Waals surface area contributed by atoms with Crippen LogP contribution in [-0.4, -0.2) is 15.1 Å². The van der Waals surface area contributed by atoms with E-state index in [2.05, 4.69) is 16.5 Å². The molecule has 0 aliphatic rings. The lowest BCUT2D eigenvalue weighted by atomic mass is 10.4. The molecule has 10 heavy (non-hydrogen) atoms. The molecule has 1 aromatic rings. The largest absolute Gasteiger partial charge is 0.390 e. The fraction of sp³-hybridized carbons (Fsp3) is 0.143. The molecule has 0 radical (unpaired) electrons. The molecule has 0 amide bonds. The molecule has 0 bridgehead atoms. The highest BCUT2D eigenvalue weighted by atomic mass is 16.3. The van der Waals surface area contributed by atoms with Gasteiger partial charge >= 0.3 is 0 Å². The number of hydrogen-bond donors (Lipinski definition) is 1. The average molecular weight is 136 g/mol. The maximum absolute atomic E-state index is 8.57. The molecular formula is C7H8N2O. The number of aromatic nitrogens is 2. The lowest BCUT2D eigenvalue weighted by molar-refractivity contribution is 0.276. The van der Waals surface area contributed by atoms with Crippen molar-refractivity contribution in [2.45, 2.75) is 6.61 Å². The predicted octanol–water partition coefficient (Wildman–Crippen LogP) is 0.612. The van der Waals surface area contributed by atoms with Gasteiger partial charge in [-0.25, -0.2) is 0 Å². The summed E-state index contributed by atoms with van der Waals surface area (Å²) in [5.41, 5.74) is 1.29. The van der Waals surface area contributed by atoms with Crippen LogP contribution in [0.2, 0.25) is 0 Å². The first kappa shape index (κ1) is 6.89. The van der Waals surface area contributed by atoms with Crippen molar-refractivity contribution in [3.63, 3.8) is 0 Å². The summed E-state index contributed by atoms with van der Waals surface area (Å²) in [5, 5.41) is 8.57. The SMILES string of the molecule is C=Cc1cnc(CO)cn1. The molecule has 0 aromatic carbocycles. The smallest absolute Gasteiger partial charge is 0.0868 e. The highest BCUT2D eigenvalue weighted by molar-refractivity contribution is 5.39. The Morgan fingerprint density at radius 1 is 1.50 bits per heavy atom.